The zero-order valence-electron chi connectivity index (χ0n) is 13.1. The van der Waals surface area contributed by atoms with Crippen molar-refractivity contribution in [3.63, 3.8) is 0 Å². The number of aromatic amines is 1. The predicted octanol–water partition coefficient (Wildman–Crippen LogP) is 1.02. The standard InChI is InChI=1S/C16H14N2O5S2/c1-4(15(21)22)18-13(19)9-5-2-7(10(9)14(18)20)11-6(5)3-8-12(25-11)17-16(23)24-8/h3-5,7,9-11H,2H2,1H3,(H,17,23)(H,21,22)/t4?,5-,7-,9?,10?,11?/m1/s1. The Hall–Kier alpha value is -1.87. The van der Waals surface area contributed by atoms with Gasteiger partial charge in [-0.15, -0.1) is 0 Å². The van der Waals surface area contributed by atoms with Crippen molar-refractivity contribution in [2.24, 2.45) is 23.7 Å². The van der Waals surface area contributed by atoms with Crippen LogP contribution in [-0.4, -0.2) is 44.1 Å². The molecule has 1 saturated heterocycles. The maximum atomic E-state index is 12.8. The molecule has 25 heavy (non-hydrogen) atoms. The van der Waals surface area contributed by atoms with E-state index in [0.717, 1.165) is 38.1 Å². The highest BCUT2D eigenvalue weighted by molar-refractivity contribution is 8.00. The lowest BCUT2D eigenvalue weighted by molar-refractivity contribution is -0.154. The second kappa shape index (κ2) is 4.85. The number of nitrogens with zero attached hydrogens (tertiary/aromatic N) is 1. The van der Waals surface area contributed by atoms with E-state index >= 15 is 0 Å². The summed E-state index contributed by atoms with van der Waals surface area (Å²) in [5, 5.41) is 10.1. The second-order valence-corrected chi connectivity index (χ2v) is 9.18. The van der Waals surface area contributed by atoms with Crippen LogP contribution in [-0.2, 0) is 14.4 Å². The van der Waals surface area contributed by atoms with Crippen molar-refractivity contribution in [3.8, 4) is 0 Å². The third-order valence-electron chi connectivity index (χ3n) is 5.93. The number of likely N-dealkylation sites (tertiary alicyclic amines) is 1. The number of aromatic nitrogens is 1. The van der Waals surface area contributed by atoms with Gasteiger partial charge in [-0.25, -0.2) is 4.79 Å². The molecule has 7 nitrogen and oxygen atoms in total. The lowest BCUT2D eigenvalue weighted by atomic mass is 9.77. The quantitative estimate of drug-likeness (QED) is 0.744. The Morgan fingerprint density at radius 1 is 1.32 bits per heavy atom. The van der Waals surface area contributed by atoms with Crippen LogP contribution in [0.2, 0.25) is 0 Å². The van der Waals surface area contributed by atoms with Gasteiger partial charge in [0.05, 0.1) is 21.7 Å². The summed E-state index contributed by atoms with van der Waals surface area (Å²) in [7, 11) is 0. The second-order valence-electron chi connectivity index (χ2n) is 7.01. The zero-order chi connectivity index (χ0) is 17.6. The molecule has 1 aromatic rings. The summed E-state index contributed by atoms with van der Waals surface area (Å²) >= 11 is 2.72. The number of thioether (sulfide) groups is 1. The fourth-order valence-electron chi connectivity index (χ4n) is 4.93. The summed E-state index contributed by atoms with van der Waals surface area (Å²) in [5.74, 6) is -2.75. The average Bonchev–Trinajstić information content (AvgIpc) is 3.25. The van der Waals surface area contributed by atoms with Gasteiger partial charge < -0.3 is 10.1 Å². The number of nitrogens with one attached hydrogen (secondary N) is 1. The van der Waals surface area contributed by atoms with Crippen molar-refractivity contribution in [1.82, 2.24) is 9.88 Å². The van der Waals surface area contributed by atoms with E-state index in [2.05, 4.69) is 4.98 Å². The van der Waals surface area contributed by atoms with Gasteiger partial charge in [-0.05, 0) is 31.3 Å². The summed E-state index contributed by atoms with van der Waals surface area (Å²) in [6, 6.07) is -1.13. The van der Waals surface area contributed by atoms with Gasteiger partial charge in [-0.3, -0.25) is 19.3 Å². The Labute approximate surface area is 150 Å². The van der Waals surface area contributed by atoms with E-state index in [0.29, 0.717) is 0 Å². The first kappa shape index (κ1) is 15.4. The van der Waals surface area contributed by atoms with Crippen LogP contribution < -0.4 is 4.87 Å². The normalized spacial score (nSPS) is 36.1. The van der Waals surface area contributed by atoms with E-state index in [1.807, 2.05) is 6.08 Å². The van der Waals surface area contributed by atoms with Crippen LogP contribution >= 0.6 is 23.1 Å². The molecular formula is C16H14N2O5S2. The number of amides is 2. The van der Waals surface area contributed by atoms with Gasteiger partial charge in [0.2, 0.25) is 11.8 Å². The predicted molar refractivity (Wildman–Crippen MR) is 90.1 cm³/mol. The minimum absolute atomic E-state index is 0.0187. The Kier molecular flexibility index (Phi) is 2.99. The lowest BCUT2D eigenvalue weighted by Crippen LogP contribution is -2.44. The van der Waals surface area contributed by atoms with Crippen molar-refractivity contribution >= 4 is 47.0 Å². The van der Waals surface area contributed by atoms with Gasteiger partial charge >= 0.3 is 10.8 Å². The summed E-state index contributed by atoms with van der Waals surface area (Å²) in [6.45, 7) is 1.38. The van der Waals surface area contributed by atoms with Gasteiger partial charge in [-0.2, -0.15) is 0 Å². The van der Waals surface area contributed by atoms with Gasteiger partial charge in [-0.1, -0.05) is 28.7 Å². The molecule has 2 aliphatic carbocycles. The monoisotopic (exact) mass is 378 g/mol. The van der Waals surface area contributed by atoms with E-state index in [1.165, 1.54) is 6.92 Å². The van der Waals surface area contributed by atoms with Crippen molar-refractivity contribution in [2.75, 3.05) is 0 Å². The van der Waals surface area contributed by atoms with E-state index in [4.69, 9.17) is 0 Å². The molecule has 5 rings (SSSR count). The highest BCUT2D eigenvalue weighted by Crippen LogP contribution is 2.64. The highest BCUT2D eigenvalue weighted by Gasteiger charge is 2.67. The number of hydrogen-bond acceptors (Lipinski definition) is 6. The third kappa shape index (κ3) is 1.82. The van der Waals surface area contributed by atoms with Crippen molar-refractivity contribution in [1.29, 1.82) is 0 Å². The maximum absolute atomic E-state index is 12.8. The first-order valence-electron chi connectivity index (χ1n) is 8.09. The van der Waals surface area contributed by atoms with Crippen molar-refractivity contribution in [3.05, 3.63) is 20.1 Å². The molecule has 0 radical (unpaired) electrons. The minimum atomic E-state index is -1.17. The number of H-pyrrole nitrogens is 1. The number of carbonyl (C=O) groups excluding carboxylic acids is 2. The van der Waals surface area contributed by atoms with Gasteiger partial charge in [0.15, 0.2) is 0 Å². The molecule has 0 aromatic carbocycles. The van der Waals surface area contributed by atoms with E-state index in [-0.39, 0.29) is 33.8 Å². The topological polar surface area (TPSA) is 108 Å². The Morgan fingerprint density at radius 3 is 2.76 bits per heavy atom. The highest BCUT2D eigenvalue weighted by atomic mass is 32.2. The molecule has 3 heterocycles. The smallest absolute Gasteiger partial charge is 0.326 e. The third-order valence-corrected chi connectivity index (χ3v) is 8.32. The number of aliphatic carboxylic acids is 1. The molecule has 3 fully saturated rings. The molecule has 2 saturated carbocycles. The Morgan fingerprint density at radius 2 is 2.04 bits per heavy atom. The van der Waals surface area contributed by atoms with Crippen LogP contribution in [0.4, 0.5) is 0 Å². The summed E-state index contributed by atoms with van der Waals surface area (Å²) in [5.41, 5.74) is 1.13. The maximum Gasteiger partial charge on any atom is 0.326 e. The molecule has 1 aromatic heterocycles. The van der Waals surface area contributed by atoms with Crippen LogP contribution in [0.3, 0.4) is 0 Å². The molecule has 130 valence electrons. The minimum Gasteiger partial charge on any atom is -0.480 e. The number of thiazole rings is 1. The lowest BCUT2D eigenvalue weighted by Gasteiger charge is -2.32. The van der Waals surface area contributed by atoms with Gasteiger partial charge in [0, 0.05) is 5.25 Å². The molecule has 4 aliphatic rings. The van der Waals surface area contributed by atoms with Crippen LogP contribution in [0.5, 0.6) is 0 Å². The van der Waals surface area contributed by atoms with Crippen LogP contribution in [0.25, 0.3) is 6.08 Å². The summed E-state index contributed by atoms with van der Waals surface area (Å²) in [6.07, 6.45) is 2.78. The fraction of sp³-hybridized carbons (Fsp3) is 0.500. The number of imide groups is 1. The zero-order valence-corrected chi connectivity index (χ0v) is 14.7. The van der Waals surface area contributed by atoms with Gasteiger partial charge in [0.1, 0.15) is 6.04 Å². The SMILES string of the molecule is CC(C(=O)O)N1C(=O)C2C(C1=O)[C@@H]1C[C@H]2C2Sc3[nH]c(=O)sc3C=C21. The summed E-state index contributed by atoms with van der Waals surface area (Å²) < 4.78 is 0. The molecule has 0 spiro atoms. The molecule has 2 bridgehead atoms. The van der Waals surface area contributed by atoms with Crippen LogP contribution in [0.1, 0.15) is 18.2 Å². The largest absolute Gasteiger partial charge is 0.480 e. The molecule has 2 aliphatic heterocycles. The number of carboxylic acid groups (broad SMARTS) is 1. The van der Waals surface area contributed by atoms with Gasteiger partial charge in [0.25, 0.3) is 0 Å². The van der Waals surface area contributed by atoms with E-state index in [9.17, 15) is 24.3 Å². The fourth-order valence-corrected chi connectivity index (χ4v) is 7.37. The summed E-state index contributed by atoms with van der Waals surface area (Å²) in [4.78, 5) is 53.1. The number of carboxylic acids is 1. The Balaban J connectivity index is 1.55. The first-order chi connectivity index (χ1) is 11.9. The van der Waals surface area contributed by atoms with Crippen LogP contribution in [0, 0.1) is 23.7 Å². The first-order valence-corrected chi connectivity index (χ1v) is 9.79. The molecule has 9 heteroatoms. The van der Waals surface area contributed by atoms with Crippen molar-refractivity contribution < 1.29 is 19.5 Å². The van der Waals surface area contributed by atoms with Crippen LogP contribution in [0.15, 0.2) is 15.4 Å². The number of fused-ring (bicyclic) bond motifs is 9. The average molecular weight is 378 g/mol. The molecular weight excluding hydrogens is 364 g/mol. The molecule has 6 atom stereocenters. The Bertz CT molecular complexity index is 931. The molecule has 2 amide bonds. The van der Waals surface area contributed by atoms with E-state index < -0.39 is 23.8 Å². The number of rotatable bonds is 2. The number of carbonyl (C=O) groups is 3. The molecule has 2 N–H and O–H groups in total. The van der Waals surface area contributed by atoms with Crippen molar-refractivity contribution in [2.45, 2.75) is 29.7 Å². The molecule has 4 unspecified atom stereocenters. The number of hydrogen-bond donors (Lipinski definition) is 2. The van der Waals surface area contributed by atoms with E-state index in [1.54, 1.807) is 11.8 Å².